The number of aliphatic imine (C=N–C) groups is 1. The van der Waals surface area contributed by atoms with Crippen molar-refractivity contribution < 1.29 is 0 Å². The Morgan fingerprint density at radius 1 is 1.15 bits per heavy atom. The Labute approximate surface area is 160 Å². The molecule has 0 atom stereocenters. The third-order valence-electron chi connectivity index (χ3n) is 5.45. The van der Waals surface area contributed by atoms with Crippen LogP contribution in [-0.4, -0.2) is 23.0 Å². The van der Waals surface area contributed by atoms with Gasteiger partial charge >= 0.3 is 0 Å². The Kier molecular flexibility index (Phi) is 5.38. The van der Waals surface area contributed by atoms with Gasteiger partial charge in [-0.15, -0.1) is 0 Å². The highest BCUT2D eigenvalue weighted by molar-refractivity contribution is 5.90. The van der Waals surface area contributed by atoms with Crippen LogP contribution in [0.2, 0.25) is 0 Å². The largest absolute Gasteiger partial charge is 0.367 e. The van der Waals surface area contributed by atoms with Crippen LogP contribution in [0.5, 0.6) is 0 Å². The molecular formula is C21H26N6. The molecular weight excluding hydrogens is 336 g/mol. The summed E-state index contributed by atoms with van der Waals surface area (Å²) >= 11 is 0. The molecule has 2 saturated carbocycles. The van der Waals surface area contributed by atoms with Crippen molar-refractivity contribution in [3.05, 3.63) is 41.9 Å². The fourth-order valence-corrected chi connectivity index (χ4v) is 4.03. The van der Waals surface area contributed by atoms with E-state index in [-0.39, 0.29) is 0 Å². The molecule has 0 radical (unpaired) electrons. The monoisotopic (exact) mass is 362 g/mol. The number of allylic oxidation sites excluding steroid dienone is 2. The van der Waals surface area contributed by atoms with Crippen molar-refractivity contribution in [1.82, 2.24) is 15.6 Å². The maximum absolute atomic E-state index is 9.77. The van der Waals surface area contributed by atoms with E-state index >= 15 is 0 Å². The van der Waals surface area contributed by atoms with Crippen LogP contribution in [-0.2, 0) is 0 Å². The van der Waals surface area contributed by atoms with Gasteiger partial charge in [-0.05, 0) is 43.9 Å². The summed E-state index contributed by atoms with van der Waals surface area (Å²) in [6.07, 6.45) is 13.4. The van der Waals surface area contributed by atoms with Crippen LogP contribution < -0.4 is 16.0 Å². The maximum Gasteiger partial charge on any atom is 0.200 e. The summed E-state index contributed by atoms with van der Waals surface area (Å²) in [5, 5.41) is 19.7. The number of nitrogens with one attached hydrogen (secondary N) is 3. The van der Waals surface area contributed by atoms with Crippen LogP contribution >= 0.6 is 0 Å². The molecule has 0 spiro atoms. The van der Waals surface area contributed by atoms with Gasteiger partial charge in [0.15, 0.2) is 5.96 Å². The molecule has 0 bridgehead atoms. The minimum absolute atomic E-state index is 0.371. The summed E-state index contributed by atoms with van der Waals surface area (Å²) in [7, 11) is 0. The standard InChI is InChI=1S/C21H26N6/c22-14-17(18-10-5-11-20(26-18)24-15-6-1-2-7-15)19-12-13-23-21(27-19)25-16-8-3-4-9-16/h5,10-13,15-16H,1-4,6-9H2,(H,24,26)(H2,23,25,27). The van der Waals surface area contributed by atoms with Gasteiger partial charge in [0.05, 0.1) is 17.4 Å². The highest BCUT2D eigenvalue weighted by atomic mass is 15.2. The van der Waals surface area contributed by atoms with E-state index in [4.69, 9.17) is 4.99 Å². The summed E-state index contributed by atoms with van der Waals surface area (Å²) in [5.74, 6) is 1.55. The van der Waals surface area contributed by atoms with Crippen LogP contribution in [0.4, 0.5) is 5.82 Å². The van der Waals surface area contributed by atoms with Crippen LogP contribution in [0, 0.1) is 11.3 Å². The first-order valence-corrected chi connectivity index (χ1v) is 9.98. The molecule has 0 aromatic carbocycles. The number of rotatable bonds is 4. The second-order valence-electron chi connectivity index (χ2n) is 7.45. The molecule has 1 aromatic rings. The van der Waals surface area contributed by atoms with Gasteiger partial charge in [0.2, 0.25) is 0 Å². The van der Waals surface area contributed by atoms with Crippen molar-refractivity contribution in [3.63, 3.8) is 0 Å². The van der Waals surface area contributed by atoms with E-state index in [2.05, 4.69) is 27.0 Å². The van der Waals surface area contributed by atoms with E-state index < -0.39 is 0 Å². The van der Waals surface area contributed by atoms with Gasteiger partial charge in [-0.3, -0.25) is 0 Å². The molecule has 0 saturated heterocycles. The van der Waals surface area contributed by atoms with E-state index in [0.717, 1.165) is 24.4 Å². The number of guanidine groups is 1. The molecule has 3 N–H and O–H groups in total. The summed E-state index contributed by atoms with van der Waals surface area (Å²) in [6, 6.07) is 8.99. The first kappa shape index (κ1) is 17.6. The first-order valence-electron chi connectivity index (χ1n) is 9.98. The van der Waals surface area contributed by atoms with E-state index in [1.54, 1.807) is 0 Å². The highest BCUT2D eigenvalue weighted by Crippen LogP contribution is 2.24. The smallest absolute Gasteiger partial charge is 0.200 e. The van der Waals surface area contributed by atoms with Crippen molar-refractivity contribution >= 4 is 17.4 Å². The highest BCUT2D eigenvalue weighted by Gasteiger charge is 2.19. The van der Waals surface area contributed by atoms with Gasteiger partial charge in [-0.25, -0.2) is 9.98 Å². The van der Waals surface area contributed by atoms with E-state index in [1.807, 2.05) is 30.5 Å². The number of nitriles is 1. The van der Waals surface area contributed by atoms with Gasteiger partial charge < -0.3 is 16.0 Å². The van der Waals surface area contributed by atoms with Crippen LogP contribution in [0.15, 0.2) is 41.2 Å². The lowest BCUT2D eigenvalue weighted by molar-refractivity contribution is 0.696. The topological polar surface area (TPSA) is 85.1 Å². The van der Waals surface area contributed by atoms with Gasteiger partial charge in [-0.1, -0.05) is 31.7 Å². The lowest BCUT2D eigenvalue weighted by Gasteiger charge is -2.19. The molecule has 6 nitrogen and oxygen atoms in total. The normalized spacial score (nSPS) is 23.7. The maximum atomic E-state index is 9.77. The lowest BCUT2D eigenvalue weighted by Crippen LogP contribution is -2.38. The van der Waals surface area contributed by atoms with Gasteiger partial charge in [0, 0.05) is 12.2 Å². The van der Waals surface area contributed by atoms with Gasteiger partial charge in [0.25, 0.3) is 0 Å². The summed E-state index contributed by atoms with van der Waals surface area (Å²) in [5.41, 5.74) is 1.94. The third-order valence-corrected chi connectivity index (χ3v) is 5.45. The lowest BCUT2D eigenvalue weighted by atomic mass is 10.1. The number of hydrogen-bond acceptors (Lipinski definition) is 4. The van der Waals surface area contributed by atoms with E-state index in [9.17, 15) is 5.26 Å². The molecule has 4 rings (SSSR count). The predicted molar refractivity (Wildman–Crippen MR) is 108 cm³/mol. The quantitative estimate of drug-likeness (QED) is 0.712. The van der Waals surface area contributed by atoms with Crippen molar-refractivity contribution in [3.8, 4) is 6.07 Å². The van der Waals surface area contributed by atoms with Crippen molar-refractivity contribution in [1.29, 1.82) is 5.26 Å². The molecule has 2 heterocycles. The molecule has 27 heavy (non-hydrogen) atoms. The zero-order chi connectivity index (χ0) is 18.5. The summed E-state index contributed by atoms with van der Waals surface area (Å²) in [4.78, 5) is 9.43. The SMILES string of the molecule is N#CC(=C1C=CNC(=NC2CCCC2)N1)c1cccc(NC2CCCC2)n1. The van der Waals surface area contributed by atoms with Gasteiger partial charge in [-0.2, -0.15) is 5.26 Å². The van der Waals surface area contributed by atoms with E-state index in [0.29, 0.717) is 29.3 Å². The fourth-order valence-electron chi connectivity index (χ4n) is 4.03. The van der Waals surface area contributed by atoms with Crippen molar-refractivity contribution in [2.75, 3.05) is 5.32 Å². The van der Waals surface area contributed by atoms with Crippen LogP contribution in [0.1, 0.15) is 57.1 Å². The van der Waals surface area contributed by atoms with Crippen molar-refractivity contribution in [2.24, 2.45) is 4.99 Å². The molecule has 1 aromatic heterocycles. The molecule has 3 aliphatic rings. The number of nitrogens with zero attached hydrogens (tertiary/aromatic N) is 3. The summed E-state index contributed by atoms with van der Waals surface area (Å²) < 4.78 is 0. The zero-order valence-electron chi connectivity index (χ0n) is 15.5. The minimum Gasteiger partial charge on any atom is -0.367 e. The number of hydrogen-bond donors (Lipinski definition) is 3. The molecule has 2 fully saturated rings. The average Bonchev–Trinajstić information content (AvgIpc) is 3.37. The summed E-state index contributed by atoms with van der Waals surface area (Å²) in [6.45, 7) is 0. The predicted octanol–water partition coefficient (Wildman–Crippen LogP) is 3.68. The molecule has 6 heteroatoms. The second-order valence-corrected chi connectivity index (χ2v) is 7.45. The molecule has 2 aliphatic carbocycles. The Balaban J connectivity index is 1.56. The minimum atomic E-state index is 0.371. The third kappa shape index (κ3) is 4.30. The average molecular weight is 362 g/mol. The van der Waals surface area contributed by atoms with Crippen molar-refractivity contribution in [2.45, 2.75) is 63.5 Å². The molecule has 0 unspecified atom stereocenters. The molecule has 1 aliphatic heterocycles. The second kappa shape index (κ2) is 8.26. The van der Waals surface area contributed by atoms with Crippen LogP contribution in [0.3, 0.4) is 0 Å². The zero-order valence-corrected chi connectivity index (χ0v) is 15.5. The Hall–Kier alpha value is -2.81. The Morgan fingerprint density at radius 3 is 2.70 bits per heavy atom. The molecule has 0 amide bonds. The number of aromatic nitrogens is 1. The van der Waals surface area contributed by atoms with Crippen LogP contribution in [0.25, 0.3) is 5.57 Å². The first-order chi connectivity index (χ1) is 13.3. The molecule has 140 valence electrons. The number of anilines is 1. The fraction of sp³-hybridized carbons (Fsp3) is 0.476. The van der Waals surface area contributed by atoms with Gasteiger partial charge in [0.1, 0.15) is 17.5 Å². The Morgan fingerprint density at radius 2 is 1.93 bits per heavy atom. The Bertz CT molecular complexity index is 804. The number of pyridine rings is 1. The van der Waals surface area contributed by atoms with E-state index in [1.165, 1.54) is 38.5 Å².